The maximum Gasteiger partial charge on any atom is 0.313 e. The number of carboxylic acids is 1. The number of thiazole rings is 1. The second kappa shape index (κ2) is 9.45. The Labute approximate surface area is 179 Å². The average Bonchev–Trinajstić information content (AvgIpc) is 3.09. The molecule has 146 valence electrons. The number of fused-ring (bicyclic) bond motifs is 1. The van der Waals surface area contributed by atoms with Crippen molar-refractivity contribution < 1.29 is 19.4 Å². The van der Waals surface area contributed by atoms with Crippen LogP contribution in [0.4, 0.5) is 0 Å². The van der Waals surface area contributed by atoms with E-state index in [0.717, 1.165) is 30.2 Å². The molecular formula is C20H18BrNO4S2. The second-order valence-corrected chi connectivity index (χ2v) is 8.55. The molecule has 3 aromatic rings. The van der Waals surface area contributed by atoms with Crippen LogP contribution in [-0.4, -0.2) is 35.5 Å². The van der Waals surface area contributed by atoms with Gasteiger partial charge in [0.25, 0.3) is 0 Å². The number of para-hydroxylation sites is 1. The van der Waals surface area contributed by atoms with Gasteiger partial charge in [0.2, 0.25) is 0 Å². The number of halogens is 1. The highest BCUT2D eigenvalue weighted by atomic mass is 79.9. The summed E-state index contributed by atoms with van der Waals surface area (Å²) >= 11 is 6.31. The maximum absolute atomic E-state index is 11.1. The molecule has 2 aromatic carbocycles. The van der Waals surface area contributed by atoms with Gasteiger partial charge in [-0.2, -0.15) is 0 Å². The third-order valence-electron chi connectivity index (χ3n) is 3.69. The number of hydrogen-bond acceptors (Lipinski definition) is 6. The van der Waals surface area contributed by atoms with Gasteiger partial charge in [-0.05, 0) is 58.8 Å². The average molecular weight is 480 g/mol. The SMILES string of the molecule is CCOc1cc(/C=C(\SCC(=O)O)c2nc3ccccc3s2)cc(Br)c1OC. The zero-order chi connectivity index (χ0) is 20.1. The molecule has 0 aliphatic carbocycles. The minimum absolute atomic E-state index is 0.0442. The van der Waals surface area contributed by atoms with Crippen molar-refractivity contribution in [2.75, 3.05) is 19.5 Å². The number of carboxylic acid groups (broad SMARTS) is 1. The lowest BCUT2D eigenvalue weighted by Crippen LogP contribution is -1.98. The lowest BCUT2D eigenvalue weighted by Gasteiger charge is -2.12. The monoisotopic (exact) mass is 479 g/mol. The molecule has 28 heavy (non-hydrogen) atoms. The molecule has 1 N–H and O–H groups in total. The molecule has 5 nitrogen and oxygen atoms in total. The van der Waals surface area contributed by atoms with Crippen LogP contribution in [-0.2, 0) is 4.79 Å². The highest BCUT2D eigenvalue weighted by Crippen LogP contribution is 2.40. The summed E-state index contributed by atoms with van der Waals surface area (Å²) in [4.78, 5) is 16.6. The quantitative estimate of drug-likeness (QED) is 0.441. The van der Waals surface area contributed by atoms with Crippen molar-refractivity contribution in [3.05, 3.63) is 51.4 Å². The lowest BCUT2D eigenvalue weighted by atomic mass is 10.2. The van der Waals surface area contributed by atoms with Gasteiger partial charge in [-0.25, -0.2) is 4.98 Å². The van der Waals surface area contributed by atoms with E-state index in [2.05, 4.69) is 20.9 Å². The number of nitrogens with zero attached hydrogens (tertiary/aromatic N) is 1. The van der Waals surface area contributed by atoms with E-state index in [1.807, 2.05) is 49.4 Å². The number of methoxy groups -OCH3 is 1. The van der Waals surface area contributed by atoms with Crippen LogP contribution in [0.2, 0.25) is 0 Å². The van der Waals surface area contributed by atoms with Crippen LogP contribution in [0.25, 0.3) is 21.2 Å². The molecule has 1 heterocycles. The highest BCUT2D eigenvalue weighted by molar-refractivity contribution is 9.10. The molecule has 0 amide bonds. The molecule has 0 fully saturated rings. The largest absolute Gasteiger partial charge is 0.492 e. The number of hydrogen-bond donors (Lipinski definition) is 1. The topological polar surface area (TPSA) is 68.7 Å². The number of ether oxygens (including phenoxy) is 2. The van der Waals surface area contributed by atoms with E-state index < -0.39 is 5.97 Å². The van der Waals surface area contributed by atoms with Gasteiger partial charge in [-0.15, -0.1) is 23.1 Å². The smallest absolute Gasteiger partial charge is 0.313 e. The van der Waals surface area contributed by atoms with Crippen LogP contribution in [0.5, 0.6) is 11.5 Å². The minimum atomic E-state index is -0.872. The molecule has 0 unspecified atom stereocenters. The van der Waals surface area contributed by atoms with Gasteiger partial charge in [-0.1, -0.05) is 12.1 Å². The summed E-state index contributed by atoms with van der Waals surface area (Å²) in [6.45, 7) is 2.42. The maximum atomic E-state index is 11.1. The van der Waals surface area contributed by atoms with Crippen LogP contribution in [0, 0.1) is 0 Å². The van der Waals surface area contributed by atoms with E-state index in [1.54, 1.807) is 18.4 Å². The summed E-state index contributed by atoms with van der Waals surface area (Å²) in [5.74, 6) is 0.330. The first-order valence-corrected chi connectivity index (χ1v) is 11.0. The van der Waals surface area contributed by atoms with Crippen molar-refractivity contribution in [3.8, 4) is 11.5 Å². The number of benzene rings is 2. The number of rotatable bonds is 8. The Kier molecular flexibility index (Phi) is 6.98. The normalized spacial score (nSPS) is 11.6. The second-order valence-electron chi connectivity index (χ2n) is 5.64. The molecule has 8 heteroatoms. The zero-order valence-corrected chi connectivity index (χ0v) is 18.5. The molecule has 0 aliphatic heterocycles. The predicted octanol–water partition coefficient (Wildman–Crippen LogP) is 5.78. The Morgan fingerprint density at radius 1 is 1.36 bits per heavy atom. The summed E-state index contributed by atoms with van der Waals surface area (Å²) < 4.78 is 12.9. The molecule has 3 rings (SSSR count). The Bertz CT molecular complexity index is 999. The van der Waals surface area contributed by atoms with Gasteiger partial charge in [-0.3, -0.25) is 4.79 Å². The van der Waals surface area contributed by atoms with Crippen molar-refractivity contribution in [1.29, 1.82) is 0 Å². The molecule has 0 bridgehead atoms. The number of carbonyl (C=O) groups is 1. The van der Waals surface area contributed by atoms with Crippen LogP contribution in [0.3, 0.4) is 0 Å². The molecule has 0 saturated carbocycles. The molecular weight excluding hydrogens is 462 g/mol. The van der Waals surface area contributed by atoms with E-state index >= 15 is 0 Å². The van der Waals surface area contributed by atoms with E-state index in [4.69, 9.17) is 14.6 Å². The summed E-state index contributed by atoms with van der Waals surface area (Å²) in [5, 5.41) is 9.92. The van der Waals surface area contributed by atoms with Gasteiger partial charge in [0.1, 0.15) is 5.01 Å². The highest BCUT2D eigenvalue weighted by Gasteiger charge is 2.14. The summed E-state index contributed by atoms with van der Waals surface area (Å²) in [5.41, 5.74) is 1.76. The zero-order valence-electron chi connectivity index (χ0n) is 15.3. The Morgan fingerprint density at radius 2 is 2.14 bits per heavy atom. The fraction of sp³-hybridized carbons (Fsp3) is 0.200. The number of aromatic nitrogens is 1. The van der Waals surface area contributed by atoms with Gasteiger partial charge in [0.05, 0.1) is 34.2 Å². The van der Waals surface area contributed by atoms with Crippen molar-refractivity contribution in [2.45, 2.75) is 6.92 Å². The first-order chi connectivity index (χ1) is 13.5. The van der Waals surface area contributed by atoms with E-state index in [-0.39, 0.29) is 5.75 Å². The van der Waals surface area contributed by atoms with Gasteiger partial charge in [0.15, 0.2) is 11.5 Å². The van der Waals surface area contributed by atoms with Crippen molar-refractivity contribution in [2.24, 2.45) is 0 Å². The fourth-order valence-electron chi connectivity index (χ4n) is 2.57. The fourth-order valence-corrected chi connectivity index (χ4v) is 5.03. The van der Waals surface area contributed by atoms with E-state index in [0.29, 0.717) is 18.1 Å². The first-order valence-electron chi connectivity index (χ1n) is 8.44. The Morgan fingerprint density at radius 3 is 2.82 bits per heavy atom. The van der Waals surface area contributed by atoms with Crippen molar-refractivity contribution in [3.63, 3.8) is 0 Å². The molecule has 0 aliphatic rings. The Balaban J connectivity index is 2.06. The lowest BCUT2D eigenvalue weighted by molar-refractivity contribution is -0.133. The molecule has 0 spiro atoms. The molecule has 0 atom stereocenters. The van der Waals surface area contributed by atoms with Gasteiger partial charge in [0, 0.05) is 4.91 Å². The molecule has 0 saturated heterocycles. The standard InChI is InChI=1S/C20H18BrNO4S2/c1-3-26-15-9-12(8-13(21)19(15)25-2)10-17(27-11-18(23)24)20-22-14-6-4-5-7-16(14)28-20/h4-10H,3,11H2,1-2H3,(H,23,24)/b17-10-. The summed E-state index contributed by atoms with van der Waals surface area (Å²) in [6, 6.07) is 11.7. The van der Waals surface area contributed by atoms with Gasteiger partial charge < -0.3 is 14.6 Å². The van der Waals surface area contributed by atoms with Crippen LogP contribution in [0.1, 0.15) is 17.5 Å². The van der Waals surface area contributed by atoms with Gasteiger partial charge >= 0.3 is 5.97 Å². The first kappa shape index (κ1) is 20.7. The third kappa shape index (κ3) is 4.87. The third-order valence-corrected chi connectivity index (χ3v) is 6.49. The number of thioether (sulfide) groups is 1. The van der Waals surface area contributed by atoms with Crippen LogP contribution in [0.15, 0.2) is 40.9 Å². The van der Waals surface area contributed by atoms with Crippen molar-refractivity contribution in [1.82, 2.24) is 4.98 Å². The Hall–Kier alpha value is -2.03. The minimum Gasteiger partial charge on any atom is -0.492 e. The van der Waals surface area contributed by atoms with E-state index in [1.165, 1.54) is 11.8 Å². The van der Waals surface area contributed by atoms with E-state index in [9.17, 15) is 4.79 Å². The number of aliphatic carboxylic acids is 1. The van der Waals surface area contributed by atoms with Crippen molar-refractivity contribution >= 4 is 66.2 Å². The predicted molar refractivity (Wildman–Crippen MR) is 119 cm³/mol. The van der Waals surface area contributed by atoms with Crippen LogP contribution < -0.4 is 9.47 Å². The molecule has 0 radical (unpaired) electrons. The van der Waals surface area contributed by atoms with Crippen LogP contribution >= 0.6 is 39.0 Å². The summed E-state index contributed by atoms with van der Waals surface area (Å²) in [6.07, 6.45) is 1.93. The molecule has 1 aromatic heterocycles. The summed E-state index contributed by atoms with van der Waals surface area (Å²) in [7, 11) is 1.59.